The molecule has 21 heavy (non-hydrogen) atoms. The minimum absolute atomic E-state index is 0.0531. The fraction of sp³-hybridized carbons (Fsp3) is 0.438. The highest BCUT2D eigenvalue weighted by atomic mass is 19.1. The number of H-pyrrole nitrogens is 1. The highest BCUT2D eigenvalue weighted by Gasteiger charge is 2.42. The fourth-order valence-electron chi connectivity index (χ4n) is 2.83. The molecule has 1 aliphatic carbocycles. The average Bonchev–Trinajstić information content (AvgIpc) is 3.23. The van der Waals surface area contributed by atoms with E-state index in [1.165, 1.54) is 12.1 Å². The van der Waals surface area contributed by atoms with Crippen molar-refractivity contribution in [2.75, 3.05) is 6.61 Å². The van der Waals surface area contributed by atoms with Gasteiger partial charge in [-0.2, -0.15) is 0 Å². The lowest BCUT2D eigenvalue weighted by atomic mass is 9.96. The van der Waals surface area contributed by atoms with Gasteiger partial charge in [0.1, 0.15) is 5.82 Å². The van der Waals surface area contributed by atoms with Crippen LogP contribution >= 0.6 is 0 Å². The highest BCUT2D eigenvalue weighted by Crippen LogP contribution is 2.39. The van der Waals surface area contributed by atoms with Crippen molar-refractivity contribution in [1.29, 1.82) is 0 Å². The van der Waals surface area contributed by atoms with Gasteiger partial charge in [-0.05, 0) is 49.4 Å². The molecule has 0 radical (unpaired) electrons. The summed E-state index contributed by atoms with van der Waals surface area (Å²) < 4.78 is 13.1. The van der Waals surface area contributed by atoms with E-state index < -0.39 is 5.54 Å². The summed E-state index contributed by atoms with van der Waals surface area (Å²) in [6.07, 6.45) is 4.04. The van der Waals surface area contributed by atoms with E-state index in [1.54, 1.807) is 12.3 Å². The van der Waals surface area contributed by atoms with Gasteiger partial charge in [0, 0.05) is 17.1 Å². The zero-order valence-corrected chi connectivity index (χ0v) is 11.9. The Balaban J connectivity index is 1.74. The van der Waals surface area contributed by atoms with E-state index in [-0.39, 0.29) is 24.8 Å². The number of aromatic amines is 1. The maximum Gasteiger partial charge on any atom is 0.225 e. The van der Waals surface area contributed by atoms with Crippen LogP contribution in [0.4, 0.5) is 4.39 Å². The molecule has 1 aromatic carbocycles. The number of rotatable bonds is 5. The monoisotopic (exact) mass is 290 g/mol. The maximum atomic E-state index is 13.1. The number of hydrogen-bond acceptors (Lipinski definition) is 2. The zero-order valence-electron chi connectivity index (χ0n) is 11.9. The van der Waals surface area contributed by atoms with Crippen molar-refractivity contribution < 1.29 is 14.3 Å². The number of carbonyl (C=O) groups excluding carboxylic acids is 1. The molecule has 0 aliphatic heterocycles. The molecule has 1 heterocycles. The minimum Gasteiger partial charge on any atom is -0.394 e. The minimum atomic E-state index is -0.532. The molecular formula is C16H19FN2O2. The largest absolute Gasteiger partial charge is 0.394 e. The Morgan fingerprint density at radius 3 is 2.95 bits per heavy atom. The summed E-state index contributed by atoms with van der Waals surface area (Å²) in [4.78, 5) is 15.2. The first-order chi connectivity index (χ1) is 10.0. The van der Waals surface area contributed by atoms with Gasteiger partial charge in [-0.25, -0.2) is 4.39 Å². The quantitative estimate of drug-likeness (QED) is 0.790. The summed E-state index contributed by atoms with van der Waals surface area (Å²) in [5.74, 6) is -0.0610. The zero-order chi connectivity index (χ0) is 15.0. The Morgan fingerprint density at radius 1 is 1.52 bits per heavy atom. The molecule has 2 aromatic rings. The second-order valence-corrected chi connectivity index (χ2v) is 6.08. The van der Waals surface area contributed by atoms with Crippen LogP contribution in [0.1, 0.15) is 25.3 Å². The molecule has 1 amide bonds. The third kappa shape index (κ3) is 2.78. The number of benzene rings is 1. The van der Waals surface area contributed by atoms with Crippen LogP contribution in [-0.4, -0.2) is 28.1 Å². The summed E-state index contributed by atoms with van der Waals surface area (Å²) in [5, 5.41) is 13.3. The molecule has 1 aliphatic rings. The number of aliphatic hydroxyl groups is 1. The van der Waals surface area contributed by atoms with Gasteiger partial charge in [0.05, 0.1) is 18.6 Å². The van der Waals surface area contributed by atoms with Crippen molar-refractivity contribution in [3.63, 3.8) is 0 Å². The van der Waals surface area contributed by atoms with Gasteiger partial charge in [0.2, 0.25) is 5.91 Å². The summed E-state index contributed by atoms with van der Waals surface area (Å²) in [5.41, 5.74) is 0.985. The molecule has 1 aromatic heterocycles. The van der Waals surface area contributed by atoms with E-state index in [2.05, 4.69) is 10.3 Å². The number of fused-ring (bicyclic) bond motifs is 1. The molecule has 3 rings (SSSR count). The van der Waals surface area contributed by atoms with Gasteiger partial charge >= 0.3 is 0 Å². The topological polar surface area (TPSA) is 65.1 Å². The van der Waals surface area contributed by atoms with Gasteiger partial charge in [0.15, 0.2) is 0 Å². The predicted octanol–water partition coefficient (Wildman–Crippen LogP) is 2.13. The van der Waals surface area contributed by atoms with Crippen LogP contribution in [-0.2, 0) is 11.2 Å². The van der Waals surface area contributed by atoms with Crippen LogP contribution in [0.25, 0.3) is 10.9 Å². The van der Waals surface area contributed by atoms with Crippen molar-refractivity contribution in [3.8, 4) is 0 Å². The first-order valence-electron chi connectivity index (χ1n) is 7.19. The average molecular weight is 290 g/mol. The first kappa shape index (κ1) is 14.1. The molecule has 0 spiro atoms. The van der Waals surface area contributed by atoms with E-state index in [4.69, 9.17) is 0 Å². The molecule has 112 valence electrons. The van der Waals surface area contributed by atoms with Gasteiger partial charge < -0.3 is 15.4 Å². The van der Waals surface area contributed by atoms with Crippen LogP contribution in [0.15, 0.2) is 24.4 Å². The number of nitrogens with one attached hydrogen (secondary N) is 2. The van der Waals surface area contributed by atoms with Crippen LogP contribution in [0, 0.1) is 11.7 Å². The predicted molar refractivity (Wildman–Crippen MR) is 78.3 cm³/mol. The molecule has 1 unspecified atom stereocenters. The van der Waals surface area contributed by atoms with E-state index in [1.807, 2.05) is 6.92 Å². The SMILES string of the molecule is CC(CO)(NC(=O)Cc1c[nH]c2cc(F)ccc12)C1CC1. The molecular weight excluding hydrogens is 271 g/mol. The Bertz CT molecular complexity index is 678. The molecule has 4 nitrogen and oxygen atoms in total. The molecule has 5 heteroatoms. The smallest absolute Gasteiger partial charge is 0.225 e. The van der Waals surface area contributed by atoms with Gasteiger partial charge in [0.25, 0.3) is 0 Å². The van der Waals surface area contributed by atoms with E-state index in [0.717, 1.165) is 23.8 Å². The number of aliphatic hydroxyl groups excluding tert-OH is 1. The summed E-state index contributed by atoms with van der Waals surface area (Å²) >= 11 is 0. The van der Waals surface area contributed by atoms with Crippen molar-refractivity contribution in [1.82, 2.24) is 10.3 Å². The lowest BCUT2D eigenvalue weighted by Gasteiger charge is -2.28. The normalized spacial score (nSPS) is 17.7. The van der Waals surface area contributed by atoms with E-state index >= 15 is 0 Å². The van der Waals surface area contributed by atoms with Crippen LogP contribution in [0.5, 0.6) is 0 Å². The standard InChI is InChI=1S/C16H19FN2O2/c1-16(9-20,11-2-3-11)19-15(21)6-10-8-18-14-7-12(17)4-5-13(10)14/h4-5,7-8,11,18,20H,2-3,6,9H2,1H3,(H,19,21). The lowest BCUT2D eigenvalue weighted by molar-refractivity contribution is -0.123. The highest BCUT2D eigenvalue weighted by molar-refractivity contribution is 5.89. The number of amides is 1. The maximum absolute atomic E-state index is 13.1. The Kier molecular flexibility index (Phi) is 3.45. The molecule has 0 bridgehead atoms. The van der Waals surface area contributed by atoms with E-state index in [0.29, 0.717) is 11.4 Å². The number of hydrogen-bond donors (Lipinski definition) is 3. The van der Waals surface area contributed by atoms with Gasteiger partial charge in [-0.3, -0.25) is 4.79 Å². The molecule has 1 saturated carbocycles. The summed E-state index contributed by atoms with van der Waals surface area (Å²) in [6, 6.07) is 4.48. The Labute approximate surface area is 122 Å². The molecule has 1 fully saturated rings. The number of aromatic nitrogens is 1. The second kappa shape index (κ2) is 5.15. The fourth-order valence-corrected chi connectivity index (χ4v) is 2.83. The third-order valence-corrected chi connectivity index (χ3v) is 4.31. The van der Waals surface area contributed by atoms with E-state index in [9.17, 15) is 14.3 Å². The Hall–Kier alpha value is -1.88. The van der Waals surface area contributed by atoms with Crippen molar-refractivity contribution >= 4 is 16.8 Å². The second-order valence-electron chi connectivity index (χ2n) is 6.08. The Morgan fingerprint density at radius 2 is 2.29 bits per heavy atom. The summed E-state index contributed by atoms with van der Waals surface area (Å²) in [6.45, 7) is 1.83. The van der Waals surface area contributed by atoms with Gasteiger partial charge in [-0.1, -0.05) is 0 Å². The molecule has 3 N–H and O–H groups in total. The van der Waals surface area contributed by atoms with Crippen molar-refractivity contribution in [2.24, 2.45) is 5.92 Å². The van der Waals surface area contributed by atoms with Crippen LogP contribution in [0.3, 0.4) is 0 Å². The van der Waals surface area contributed by atoms with Crippen LogP contribution in [0.2, 0.25) is 0 Å². The number of carbonyl (C=O) groups is 1. The number of halogens is 1. The van der Waals surface area contributed by atoms with Gasteiger partial charge in [-0.15, -0.1) is 0 Å². The summed E-state index contributed by atoms with van der Waals surface area (Å²) in [7, 11) is 0. The van der Waals surface area contributed by atoms with Crippen molar-refractivity contribution in [3.05, 3.63) is 35.8 Å². The van der Waals surface area contributed by atoms with Crippen LogP contribution < -0.4 is 5.32 Å². The third-order valence-electron chi connectivity index (χ3n) is 4.31. The lowest BCUT2D eigenvalue weighted by Crippen LogP contribution is -2.51. The molecule has 1 atom stereocenters. The first-order valence-corrected chi connectivity index (χ1v) is 7.19. The molecule has 0 saturated heterocycles. The van der Waals surface area contributed by atoms with Crippen molar-refractivity contribution in [2.45, 2.75) is 31.7 Å².